The van der Waals surface area contributed by atoms with Gasteiger partial charge in [-0.3, -0.25) is 4.98 Å². The number of hydrogen-bond acceptors (Lipinski definition) is 1. The van der Waals surface area contributed by atoms with Crippen molar-refractivity contribution in [1.82, 2.24) is 4.98 Å². The Morgan fingerprint density at radius 3 is 2.56 bits per heavy atom. The summed E-state index contributed by atoms with van der Waals surface area (Å²) in [7, 11) is 0. The van der Waals surface area contributed by atoms with E-state index in [1.54, 1.807) is 6.07 Å². The van der Waals surface area contributed by atoms with E-state index in [2.05, 4.69) is 24.7 Å². The van der Waals surface area contributed by atoms with E-state index in [0.717, 1.165) is 0 Å². The molecule has 0 saturated heterocycles. The van der Waals surface area contributed by atoms with Crippen LogP contribution in [0, 0.1) is 12.0 Å². The maximum absolute atomic E-state index is 11.7. The molecule has 1 aromatic rings. The van der Waals surface area contributed by atoms with Gasteiger partial charge in [0.1, 0.15) is 5.95 Å². The van der Waals surface area contributed by atoms with Gasteiger partial charge in [0.15, 0.2) is 0 Å². The van der Waals surface area contributed by atoms with Crippen molar-refractivity contribution in [3.63, 3.8) is 0 Å². The summed E-state index contributed by atoms with van der Waals surface area (Å²) in [6, 6.07) is 5.34. The summed E-state index contributed by atoms with van der Waals surface area (Å²) < 4.78 is 11.7. The number of nitrogens with zero attached hydrogens (tertiary/aromatic N) is 1. The van der Waals surface area contributed by atoms with Crippen LogP contribution in [0.15, 0.2) is 18.3 Å². The average molecular weight is 241 g/mol. The molecule has 0 spiro atoms. The van der Waals surface area contributed by atoms with Gasteiger partial charge in [0.25, 0.3) is 0 Å². The van der Waals surface area contributed by atoms with Crippen molar-refractivity contribution < 1.29 is 20.7 Å². The quantitative estimate of drug-likeness (QED) is 0.384. The SMILES string of the molecule is Fc1[c-]cccn1.[Zn+][Br]. The molecular weight excluding hydrogens is 238 g/mol. The first kappa shape index (κ1) is 9.18. The molecule has 1 nitrogen and oxygen atoms in total. The molecular formula is C5H3BrFNZn. The van der Waals surface area contributed by atoms with Crippen LogP contribution in [0.2, 0.25) is 0 Å². The third kappa shape index (κ3) is 4.67. The van der Waals surface area contributed by atoms with Crippen LogP contribution in [0.1, 0.15) is 0 Å². The molecule has 0 aromatic carbocycles. The van der Waals surface area contributed by atoms with E-state index in [0.29, 0.717) is 0 Å². The Hall–Kier alpha value is 0.183. The molecule has 0 aliphatic heterocycles. The predicted octanol–water partition coefficient (Wildman–Crippen LogP) is 1.86. The van der Waals surface area contributed by atoms with Crippen LogP contribution in [-0.2, 0) is 16.3 Å². The molecule has 0 atom stereocenters. The van der Waals surface area contributed by atoms with Gasteiger partial charge in [0, 0.05) is 0 Å². The first-order chi connectivity index (χ1) is 4.39. The number of halogens is 2. The van der Waals surface area contributed by atoms with Crippen LogP contribution in [0.25, 0.3) is 0 Å². The molecule has 1 rings (SSSR count). The van der Waals surface area contributed by atoms with E-state index >= 15 is 0 Å². The second-order valence-corrected chi connectivity index (χ2v) is 1.07. The summed E-state index contributed by atoms with van der Waals surface area (Å²) in [5.41, 5.74) is 0. The molecule has 1 aromatic heterocycles. The van der Waals surface area contributed by atoms with E-state index in [4.69, 9.17) is 0 Å². The monoisotopic (exact) mass is 239 g/mol. The normalized spacial score (nSPS) is 7.56. The van der Waals surface area contributed by atoms with E-state index in [1.165, 1.54) is 28.6 Å². The van der Waals surface area contributed by atoms with Gasteiger partial charge < -0.3 is 0 Å². The predicted molar refractivity (Wildman–Crippen MR) is 32.0 cm³/mol. The third-order valence-corrected chi connectivity index (χ3v) is 0.573. The van der Waals surface area contributed by atoms with Crippen LogP contribution < -0.4 is 0 Å². The van der Waals surface area contributed by atoms with Crippen molar-refractivity contribution in [2.75, 3.05) is 0 Å². The Morgan fingerprint density at radius 2 is 2.33 bits per heavy atom. The fourth-order valence-electron chi connectivity index (χ4n) is 0.306. The van der Waals surface area contributed by atoms with E-state index in [1.807, 2.05) is 0 Å². The molecule has 0 unspecified atom stereocenters. The number of rotatable bonds is 0. The van der Waals surface area contributed by atoms with Crippen molar-refractivity contribution in [2.24, 2.45) is 0 Å². The van der Waals surface area contributed by atoms with Crippen LogP contribution in [0.5, 0.6) is 0 Å². The third-order valence-electron chi connectivity index (χ3n) is 0.573. The van der Waals surface area contributed by atoms with Gasteiger partial charge in [-0.15, -0.1) is 0 Å². The van der Waals surface area contributed by atoms with E-state index in [9.17, 15) is 4.39 Å². The Balaban J connectivity index is 0.000000291. The van der Waals surface area contributed by atoms with E-state index in [-0.39, 0.29) is 0 Å². The van der Waals surface area contributed by atoms with Crippen molar-refractivity contribution >= 4 is 13.6 Å². The first-order valence-electron chi connectivity index (χ1n) is 2.14. The summed E-state index contributed by atoms with van der Waals surface area (Å²) in [6.45, 7) is 0. The molecule has 9 heavy (non-hydrogen) atoms. The summed E-state index contributed by atoms with van der Waals surface area (Å²) in [6.07, 6.45) is 1.38. The Morgan fingerprint density at radius 1 is 1.67 bits per heavy atom. The van der Waals surface area contributed by atoms with Gasteiger partial charge in [0.2, 0.25) is 0 Å². The van der Waals surface area contributed by atoms with Gasteiger partial charge >= 0.3 is 30.0 Å². The van der Waals surface area contributed by atoms with Crippen molar-refractivity contribution in [3.05, 3.63) is 30.3 Å². The van der Waals surface area contributed by atoms with Crippen LogP contribution >= 0.6 is 13.6 Å². The number of aromatic nitrogens is 1. The molecule has 0 aliphatic rings. The number of hydrogen-bond donors (Lipinski definition) is 0. The molecule has 44 valence electrons. The van der Waals surface area contributed by atoms with Gasteiger partial charge in [-0.2, -0.15) is 12.1 Å². The molecule has 0 aliphatic carbocycles. The summed E-state index contributed by atoms with van der Waals surface area (Å²) >= 11 is 4.25. The van der Waals surface area contributed by atoms with Crippen LogP contribution in [0.3, 0.4) is 0 Å². The summed E-state index contributed by atoms with van der Waals surface area (Å²) in [4.78, 5) is 3.26. The Bertz CT molecular complexity index is 147. The summed E-state index contributed by atoms with van der Waals surface area (Å²) in [5.74, 6) is -0.553. The fourth-order valence-corrected chi connectivity index (χ4v) is 0.306. The molecule has 0 N–H and O–H groups in total. The minimum absolute atomic E-state index is 0.553. The standard InChI is InChI=1S/C5H3FN.BrH.Zn/c6-5-3-1-2-4-7-5;;/h1-2,4H;1H;/q-1;;+2/p-1. The molecule has 4 heteroatoms. The first-order valence-corrected chi connectivity index (χ1v) is 9.09. The number of pyridine rings is 1. The van der Waals surface area contributed by atoms with Crippen LogP contribution in [-0.4, -0.2) is 4.98 Å². The Kier molecular flexibility index (Phi) is 6.43. The molecule has 1 heterocycles. The zero-order valence-electron chi connectivity index (χ0n) is 4.64. The van der Waals surface area contributed by atoms with Gasteiger partial charge in [-0.25, -0.2) is 10.5 Å². The molecule has 0 amide bonds. The van der Waals surface area contributed by atoms with E-state index < -0.39 is 5.95 Å². The average Bonchev–Trinajstić information content (AvgIpc) is 1.94. The van der Waals surface area contributed by atoms with Crippen LogP contribution in [0.4, 0.5) is 4.39 Å². The zero-order chi connectivity index (χ0) is 7.11. The van der Waals surface area contributed by atoms with Gasteiger partial charge in [0.05, 0.1) is 0 Å². The van der Waals surface area contributed by atoms with Gasteiger partial charge in [-0.05, 0) is 0 Å². The Labute approximate surface area is 69.7 Å². The van der Waals surface area contributed by atoms with Gasteiger partial charge in [-0.1, -0.05) is 6.20 Å². The maximum atomic E-state index is 11.7. The summed E-state index contributed by atoms with van der Waals surface area (Å²) in [5, 5.41) is 0. The molecule has 0 radical (unpaired) electrons. The molecule has 0 bridgehead atoms. The minimum atomic E-state index is -0.553. The zero-order valence-corrected chi connectivity index (χ0v) is 9.20. The van der Waals surface area contributed by atoms with Crippen molar-refractivity contribution in [2.45, 2.75) is 0 Å². The van der Waals surface area contributed by atoms with Crippen molar-refractivity contribution in [3.8, 4) is 0 Å². The second-order valence-electron chi connectivity index (χ2n) is 1.07. The topological polar surface area (TPSA) is 12.9 Å². The fraction of sp³-hybridized carbons (Fsp3) is 0. The second kappa shape index (κ2) is 6.31. The molecule has 0 saturated carbocycles. The van der Waals surface area contributed by atoms with Crippen molar-refractivity contribution in [1.29, 1.82) is 0 Å². The molecule has 0 fully saturated rings.